The summed E-state index contributed by atoms with van der Waals surface area (Å²) >= 11 is 10.8. The molecule has 0 aliphatic carbocycles. The van der Waals surface area contributed by atoms with Crippen LogP contribution in [-0.2, 0) is 0 Å². The zero-order valence-electron chi connectivity index (χ0n) is 12.3. The fourth-order valence-electron chi connectivity index (χ4n) is 2.47. The first kappa shape index (κ1) is 17.2. The minimum atomic E-state index is 0.190. The maximum Gasteiger partial charge on any atom is 0.0580 e. The van der Waals surface area contributed by atoms with E-state index < -0.39 is 0 Å². The molecule has 4 heteroatoms. The molecule has 1 atom stereocenters. The van der Waals surface area contributed by atoms with Crippen molar-refractivity contribution in [2.24, 2.45) is 0 Å². The van der Waals surface area contributed by atoms with E-state index in [-0.39, 0.29) is 6.04 Å². The van der Waals surface area contributed by atoms with Crippen molar-refractivity contribution in [3.05, 3.63) is 66.0 Å². The average Bonchev–Trinajstić information content (AvgIpc) is 2.39. The Morgan fingerprint density at radius 3 is 2.10 bits per heavy atom. The average molecular weight is 476 g/mol. The summed E-state index contributed by atoms with van der Waals surface area (Å²) in [6, 6.07) is 11.1. The summed E-state index contributed by atoms with van der Waals surface area (Å²) in [4.78, 5) is 0. The maximum atomic E-state index is 3.61. The molecular formula is C17H18Br3N. The summed E-state index contributed by atoms with van der Waals surface area (Å²) in [5.74, 6) is 0. The number of benzene rings is 2. The molecule has 0 spiro atoms. The van der Waals surface area contributed by atoms with Crippen molar-refractivity contribution in [2.45, 2.75) is 26.8 Å². The van der Waals surface area contributed by atoms with Crippen LogP contribution in [0.25, 0.3) is 0 Å². The fraction of sp³-hybridized carbons (Fsp3) is 0.294. The van der Waals surface area contributed by atoms with Crippen LogP contribution in [-0.4, -0.2) is 6.54 Å². The standard InChI is InChI=1S/C17H18Br3N/c1-4-21-17(12-7-13(18)9-14(19)8-12)15-5-11(3)16(20)6-10(15)2/h5-9,17,21H,4H2,1-3H3. The third-order valence-corrected chi connectivity index (χ3v) is 5.25. The lowest BCUT2D eigenvalue weighted by molar-refractivity contribution is 0.626. The Hall–Kier alpha value is -0.160. The Balaban J connectivity index is 2.55. The molecular weight excluding hydrogens is 458 g/mol. The molecule has 2 rings (SSSR count). The molecule has 0 aliphatic rings. The molecule has 0 heterocycles. The molecule has 1 nitrogen and oxygen atoms in total. The zero-order chi connectivity index (χ0) is 15.6. The van der Waals surface area contributed by atoms with Gasteiger partial charge in [0.15, 0.2) is 0 Å². The van der Waals surface area contributed by atoms with Crippen LogP contribution < -0.4 is 5.32 Å². The Bertz CT molecular complexity index is 632. The van der Waals surface area contributed by atoms with Gasteiger partial charge >= 0.3 is 0 Å². The number of aryl methyl sites for hydroxylation is 2. The van der Waals surface area contributed by atoms with Gasteiger partial charge in [-0.25, -0.2) is 0 Å². The number of halogens is 3. The molecule has 1 unspecified atom stereocenters. The molecule has 1 N–H and O–H groups in total. The first-order chi connectivity index (χ1) is 9.92. The van der Waals surface area contributed by atoms with Crippen molar-refractivity contribution < 1.29 is 0 Å². The van der Waals surface area contributed by atoms with Crippen LogP contribution in [0.15, 0.2) is 43.7 Å². The molecule has 0 fully saturated rings. The Morgan fingerprint density at radius 1 is 0.905 bits per heavy atom. The molecule has 0 aliphatic heterocycles. The smallest absolute Gasteiger partial charge is 0.0580 e. The van der Waals surface area contributed by atoms with Crippen molar-refractivity contribution in [3.8, 4) is 0 Å². The lowest BCUT2D eigenvalue weighted by Gasteiger charge is -2.22. The van der Waals surface area contributed by atoms with Gasteiger partial charge in [0, 0.05) is 13.4 Å². The minimum Gasteiger partial charge on any atom is -0.307 e. The van der Waals surface area contributed by atoms with Crippen LogP contribution in [0.4, 0.5) is 0 Å². The Labute approximate surface area is 151 Å². The molecule has 112 valence electrons. The molecule has 0 saturated carbocycles. The fourth-order valence-corrected chi connectivity index (χ4v) is 4.25. The predicted molar refractivity (Wildman–Crippen MR) is 101 cm³/mol. The van der Waals surface area contributed by atoms with Crippen LogP contribution in [0, 0.1) is 13.8 Å². The highest BCUT2D eigenvalue weighted by Gasteiger charge is 2.17. The molecule has 2 aromatic carbocycles. The summed E-state index contributed by atoms with van der Waals surface area (Å²) in [5.41, 5.74) is 5.12. The van der Waals surface area contributed by atoms with E-state index in [2.05, 4.69) is 104 Å². The number of hydrogen-bond acceptors (Lipinski definition) is 1. The van der Waals surface area contributed by atoms with Crippen LogP contribution >= 0.6 is 47.8 Å². The number of hydrogen-bond donors (Lipinski definition) is 1. The van der Waals surface area contributed by atoms with Gasteiger partial charge in [-0.3, -0.25) is 0 Å². The highest BCUT2D eigenvalue weighted by Crippen LogP contribution is 2.32. The van der Waals surface area contributed by atoms with Gasteiger partial charge in [-0.1, -0.05) is 60.8 Å². The van der Waals surface area contributed by atoms with E-state index in [1.807, 2.05) is 0 Å². The van der Waals surface area contributed by atoms with Crippen LogP contribution in [0.2, 0.25) is 0 Å². The molecule has 0 bridgehead atoms. The number of rotatable bonds is 4. The lowest BCUT2D eigenvalue weighted by atomic mass is 9.93. The third-order valence-electron chi connectivity index (χ3n) is 3.48. The van der Waals surface area contributed by atoms with Crippen LogP contribution in [0.5, 0.6) is 0 Å². The quantitative estimate of drug-likeness (QED) is 0.548. The van der Waals surface area contributed by atoms with Crippen molar-refractivity contribution >= 4 is 47.8 Å². The highest BCUT2D eigenvalue weighted by atomic mass is 79.9. The van der Waals surface area contributed by atoms with E-state index in [4.69, 9.17) is 0 Å². The van der Waals surface area contributed by atoms with Gasteiger partial charge in [0.2, 0.25) is 0 Å². The Morgan fingerprint density at radius 2 is 1.52 bits per heavy atom. The van der Waals surface area contributed by atoms with E-state index >= 15 is 0 Å². The zero-order valence-corrected chi connectivity index (χ0v) is 17.1. The maximum absolute atomic E-state index is 3.61. The molecule has 0 saturated heterocycles. The second kappa shape index (κ2) is 7.40. The van der Waals surface area contributed by atoms with Crippen molar-refractivity contribution in [1.29, 1.82) is 0 Å². The summed E-state index contributed by atoms with van der Waals surface area (Å²) < 4.78 is 3.33. The van der Waals surface area contributed by atoms with Crippen molar-refractivity contribution in [1.82, 2.24) is 5.32 Å². The van der Waals surface area contributed by atoms with Gasteiger partial charge < -0.3 is 5.32 Å². The predicted octanol–water partition coefficient (Wildman–Crippen LogP) is 6.29. The summed E-state index contributed by atoms with van der Waals surface area (Å²) in [6.45, 7) is 7.36. The van der Waals surface area contributed by atoms with Crippen molar-refractivity contribution in [3.63, 3.8) is 0 Å². The summed E-state index contributed by atoms with van der Waals surface area (Å²) in [5, 5.41) is 3.60. The van der Waals surface area contributed by atoms with Gasteiger partial charge in [0.25, 0.3) is 0 Å². The first-order valence-corrected chi connectivity index (χ1v) is 9.26. The second-order valence-corrected chi connectivity index (χ2v) is 7.84. The largest absolute Gasteiger partial charge is 0.307 e. The molecule has 21 heavy (non-hydrogen) atoms. The SMILES string of the molecule is CCNC(c1cc(Br)cc(Br)c1)c1cc(C)c(Br)cc1C. The summed E-state index contributed by atoms with van der Waals surface area (Å²) in [6.07, 6.45) is 0. The topological polar surface area (TPSA) is 12.0 Å². The van der Waals surface area contributed by atoms with Crippen LogP contribution in [0.3, 0.4) is 0 Å². The highest BCUT2D eigenvalue weighted by molar-refractivity contribution is 9.11. The normalized spacial score (nSPS) is 12.5. The lowest BCUT2D eigenvalue weighted by Crippen LogP contribution is -2.23. The molecule has 0 radical (unpaired) electrons. The summed E-state index contributed by atoms with van der Waals surface area (Å²) in [7, 11) is 0. The van der Waals surface area contributed by atoms with Gasteiger partial charge in [-0.05, 0) is 66.9 Å². The van der Waals surface area contributed by atoms with E-state index in [0.29, 0.717) is 0 Å². The van der Waals surface area contributed by atoms with Gasteiger partial charge in [0.1, 0.15) is 0 Å². The van der Waals surface area contributed by atoms with Gasteiger partial charge in [-0.2, -0.15) is 0 Å². The van der Waals surface area contributed by atoms with E-state index in [0.717, 1.165) is 20.0 Å². The third kappa shape index (κ3) is 4.19. The minimum absolute atomic E-state index is 0.190. The molecule has 0 aromatic heterocycles. The first-order valence-electron chi connectivity index (χ1n) is 6.88. The van der Waals surface area contributed by atoms with Gasteiger partial charge in [-0.15, -0.1) is 0 Å². The Kier molecular flexibility index (Phi) is 6.06. The molecule has 2 aromatic rings. The van der Waals surface area contributed by atoms with E-state index in [1.165, 1.54) is 22.3 Å². The van der Waals surface area contributed by atoms with E-state index in [9.17, 15) is 0 Å². The number of nitrogens with one attached hydrogen (secondary N) is 1. The van der Waals surface area contributed by atoms with Gasteiger partial charge in [0.05, 0.1) is 6.04 Å². The van der Waals surface area contributed by atoms with Crippen LogP contribution in [0.1, 0.15) is 35.2 Å². The van der Waals surface area contributed by atoms with E-state index in [1.54, 1.807) is 0 Å². The monoisotopic (exact) mass is 473 g/mol. The second-order valence-electron chi connectivity index (χ2n) is 5.15. The van der Waals surface area contributed by atoms with Crippen molar-refractivity contribution in [2.75, 3.05) is 6.54 Å². The molecule has 0 amide bonds.